The molecule has 21 heavy (non-hydrogen) atoms. The number of benzene rings is 1. The summed E-state index contributed by atoms with van der Waals surface area (Å²) in [7, 11) is 0. The van der Waals surface area contributed by atoms with Crippen LogP contribution in [0.15, 0.2) is 30.3 Å². The number of carboxylic acids is 1. The molecule has 0 aliphatic heterocycles. The van der Waals surface area contributed by atoms with Crippen LogP contribution in [0.3, 0.4) is 0 Å². The van der Waals surface area contributed by atoms with Gasteiger partial charge in [-0.25, -0.2) is 4.68 Å². The fourth-order valence-corrected chi connectivity index (χ4v) is 2.11. The summed E-state index contributed by atoms with van der Waals surface area (Å²) in [5.74, 6) is -0.344. The lowest BCUT2D eigenvalue weighted by molar-refractivity contribution is -0.141. The molecule has 0 aliphatic carbocycles. The molecule has 0 amide bonds. The largest absolute Gasteiger partial charge is 0.481 e. The SMILES string of the molecule is CC(CCn1nnnc1CCCc1ccccc1)C(=O)O. The van der Waals surface area contributed by atoms with Crippen molar-refractivity contribution >= 4 is 5.97 Å². The van der Waals surface area contributed by atoms with E-state index in [0.29, 0.717) is 13.0 Å². The number of aromatic nitrogens is 4. The van der Waals surface area contributed by atoms with Crippen LogP contribution in [0, 0.1) is 5.92 Å². The molecule has 2 rings (SSSR count). The molecule has 0 fully saturated rings. The van der Waals surface area contributed by atoms with Gasteiger partial charge in [-0.1, -0.05) is 37.3 Å². The minimum Gasteiger partial charge on any atom is -0.481 e. The summed E-state index contributed by atoms with van der Waals surface area (Å²) in [4.78, 5) is 10.8. The summed E-state index contributed by atoms with van der Waals surface area (Å²) in [6, 6.07) is 10.3. The first-order chi connectivity index (χ1) is 10.2. The zero-order valence-electron chi connectivity index (χ0n) is 12.1. The first kappa shape index (κ1) is 15.2. The molecule has 2 aromatic rings. The van der Waals surface area contributed by atoms with E-state index in [4.69, 9.17) is 5.11 Å². The van der Waals surface area contributed by atoms with Crippen molar-refractivity contribution in [1.82, 2.24) is 20.2 Å². The average molecular weight is 288 g/mol. The molecule has 0 radical (unpaired) electrons. The van der Waals surface area contributed by atoms with Gasteiger partial charge >= 0.3 is 5.97 Å². The molecule has 0 saturated heterocycles. The van der Waals surface area contributed by atoms with Gasteiger partial charge in [0.05, 0.1) is 5.92 Å². The molecular formula is C15H20N4O2. The third kappa shape index (κ3) is 4.66. The molecule has 0 aliphatic rings. The van der Waals surface area contributed by atoms with Crippen LogP contribution in [-0.4, -0.2) is 31.3 Å². The maximum absolute atomic E-state index is 10.8. The molecule has 1 N–H and O–H groups in total. The Morgan fingerprint density at radius 1 is 1.29 bits per heavy atom. The number of tetrazole rings is 1. The van der Waals surface area contributed by atoms with Crippen LogP contribution in [-0.2, 0) is 24.2 Å². The van der Waals surface area contributed by atoms with E-state index < -0.39 is 5.97 Å². The van der Waals surface area contributed by atoms with Crippen molar-refractivity contribution < 1.29 is 9.90 Å². The van der Waals surface area contributed by atoms with E-state index in [1.54, 1.807) is 11.6 Å². The van der Waals surface area contributed by atoms with Gasteiger partial charge in [0, 0.05) is 13.0 Å². The Morgan fingerprint density at radius 2 is 2.05 bits per heavy atom. The van der Waals surface area contributed by atoms with Crippen LogP contribution >= 0.6 is 0 Å². The average Bonchev–Trinajstić information content (AvgIpc) is 2.93. The third-order valence-electron chi connectivity index (χ3n) is 3.51. The molecular weight excluding hydrogens is 268 g/mol. The lowest BCUT2D eigenvalue weighted by Crippen LogP contribution is -2.15. The van der Waals surface area contributed by atoms with Crippen LogP contribution in [0.25, 0.3) is 0 Å². The smallest absolute Gasteiger partial charge is 0.306 e. The Hall–Kier alpha value is -2.24. The Morgan fingerprint density at radius 3 is 2.76 bits per heavy atom. The molecule has 112 valence electrons. The second-order valence-corrected chi connectivity index (χ2v) is 5.19. The predicted molar refractivity (Wildman–Crippen MR) is 77.7 cm³/mol. The van der Waals surface area contributed by atoms with Crippen molar-refractivity contribution in [3.8, 4) is 0 Å². The molecule has 1 aromatic heterocycles. The van der Waals surface area contributed by atoms with Crippen molar-refractivity contribution in [3.63, 3.8) is 0 Å². The molecule has 1 heterocycles. The normalized spacial score (nSPS) is 12.2. The first-order valence-electron chi connectivity index (χ1n) is 7.18. The minimum absolute atomic E-state index is 0.383. The maximum atomic E-state index is 10.8. The number of carbonyl (C=O) groups is 1. The molecule has 1 atom stereocenters. The van der Waals surface area contributed by atoms with Gasteiger partial charge in [-0.05, 0) is 35.3 Å². The van der Waals surface area contributed by atoms with Gasteiger partial charge in [0.25, 0.3) is 0 Å². The number of aryl methyl sites for hydroxylation is 3. The van der Waals surface area contributed by atoms with Crippen molar-refractivity contribution in [2.24, 2.45) is 5.92 Å². The Kier molecular flexibility index (Phi) is 5.43. The molecule has 6 heteroatoms. The minimum atomic E-state index is -0.784. The van der Waals surface area contributed by atoms with Crippen molar-refractivity contribution in [1.29, 1.82) is 0 Å². The Labute approximate surface area is 123 Å². The van der Waals surface area contributed by atoms with E-state index in [2.05, 4.69) is 27.7 Å². The number of hydrogen-bond donors (Lipinski definition) is 1. The summed E-state index contributed by atoms with van der Waals surface area (Å²) in [5.41, 5.74) is 1.30. The topological polar surface area (TPSA) is 80.9 Å². The summed E-state index contributed by atoms with van der Waals surface area (Å²) in [6.45, 7) is 2.24. The molecule has 1 aromatic carbocycles. The van der Waals surface area contributed by atoms with E-state index in [-0.39, 0.29) is 5.92 Å². The van der Waals surface area contributed by atoms with Gasteiger partial charge in [-0.2, -0.15) is 0 Å². The number of carboxylic acid groups (broad SMARTS) is 1. The van der Waals surface area contributed by atoms with Crippen molar-refractivity contribution in [2.75, 3.05) is 0 Å². The predicted octanol–water partition coefficient (Wildman–Crippen LogP) is 1.96. The highest BCUT2D eigenvalue weighted by molar-refractivity contribution is 5.69. The summed E-state index contributed by atoms with van der Waals surface area (Å²) >= 11 is 0. The summed E-state index contributed by atoms with van der Waals surface area (Å²) in [5, 5.41) is 20.5. The van der Waals surface area contributed by atoms with Crippen LogP contribution in [0.4, 0.5) is 0 Å². The molecule has 0 saturated carbocycles. The number of hydrogen-bond acceptors (Lipinski definition) is 4. The highest BCUT2D eigenvalue weighted by atomic mass is 16.4. The van der Waals surface area contributed by atoms with Crippen molar-refractivity contribution in [2.45, 2.75) is 39.2 Å². The number of aliphatic carboxylic acids is 1. The quantitative estimate of drug-likeness (QED) is 0.803. The van der Waals surface area contributed by atoms with E-state index in [9.17, 15) is 4.79 Å². The second-order valence-electron chi connectivity index (χ2n) is 5.19. The summed E-state index contributed by atoms with van der Waals surface area (Å²) in [6.07, 6.45) is 3.29. The van der Waals surface area contributed by atoms with Gasteiger partial charge in [-0.3, -0.25) is 4.79 Å². The Balaban J connectivity index is 1.81. The van der Waals surface area contributed by atoms with Gasteiger partial charge in [0.15, 0.2) is 5.82 Å². The van der Waals surface area contributed by atoms with Crippen LogP contribution in [0.5, 0.6) is 0 Å². The highest BCUT2D eigenvalue weighted by Crippen LogP contribution is 2.08. The van der Waals surface area contributed by atoms with Gasteiger partial charge in [-0.15, -0.1) is 5.10 Å². The van der Waals surface area contributed by atoms with E-state index in [1.807, 2.05) is 18.2 Å². The molecule has 6 nitrogen and oxygen atoms in total. The van der Waals surface area contributed by atoms with Crippen LogP contribution < -0.4 is 0 Å². The van der Waals surface area contributed by atoms with E-state index in [1.165, 1.54) is 5.56 Å². The lowest BCUT2D eigenvalue weighted by atomic mass is 10.1. The molecule has 1 unspecified atom stereocenters. The zero-order valence-corrected chi connectivity index (χ0v) is 12.1. The number of rotatable bonds is 8. The van der Waals surface area contributed by atoms with E-state index >= 15 is 0 Å². The second kappa shape index (κ2) is 7.52. The monoisotopic (exact) mass is 288 g/mol. The zero-order chi connectivity index (χ0) is 15.1. The fraction of sp³-hybridized carbons (Fsp3) is 0.467. The van der Waals surface area contributed by atoms with Crippen LogP contribution in [0.2, 0.25) is 0 Å². The maximum Gasteiger partial charge on any atom is 0.306 e. The number of nitrogens with zero attached hydrogens (tertiary/aromatic N) is 4. The lowest BCUT2D eigenvalue weighted by Gasteiger charge is -2.07. The van der Waals surface area contributed by atoms with Crippen molar-refractivity contribution in [3.05, 3.63) is 41.7 Å². The first-order valence-corrected chi connectivity index (χ1v) is 7.18. The fourth-order valence-electron chi connectivity index (χ4n) is 2.11. The standard InChI is InChI=1S/C15H20N4O2/c1-12(15(20)21)10-11-19-14(16-17-18-19)9-5-8-13-6-3-2-4-7-13/h2-4,6-7,12H,5,8-11H2,1H3,(H,20,21). The Bertz CT molecular complexity index is 568. The molecule has 0 spiro atoms. The van der Waals surface area contributed by atoms with Gasteiger partial charge in [0.2, 0.25) is 0 Å². The third-order valence-corrected chi connectivity index (χ3v) is 3.51. The van der Waals surface area contributed by atoms with E-state index in [0.717, 1.165) is 25.1 Å². The van der Waals surface area contributed by atoms with Crippen LogP contribution in [0.1, 0.15) is 31.2 Å². The summed E-state index contributed by atoms with van der Waals surface area (Å²) < 4.78 is 1.71. The highest BCUT2D eigenvalue weighted by Gasteiger charge is 2.13. The van der Waals surface area contributed by atoms with Gasteiger partial charge in [0.1, 0.15) is 0 Å². The van der Waals surface area contributed by atoms with Gasteiger partial charge < -0.3 is 5.11 Å². The molecule has 0 bridgehead atoms.